The van der Waals surface area contributed by atoms with Gasteiger partial charge in [-0.25, -0.2) is 0 Å². The molecule has 0 bridgehead atoms. The first kappa shape index (κ1) is 13.4. The van der Waals surface area contributed by atoms with Gasteiger partial charge >= 0.3 is 0 Å². The minimum Gasteiger partial charge on any atom is -0.493 e. The van der Waals surface area contributed by atoms with E-state index in [0.29, 0.717) is 6.61 Å². The van der Waals surface area contributed by atoms with Crippen molar-refractivity contribution in [3.8, 4) is 28.0 Å². The summed E-state index contributed by atoms with van der Waals surface area (Å²) in [5.41, 5.74) is 4.79. The highest BCUT2D eigenvalue weighted by Gasteiger charge is 2.10. The maximum Gasteiger partial charge on any atom is 0.127 e. The minimum atomic E-state index is 0.671. The fourth-order valence-electron chi connectivity index (χ4n) is 2.56. The van der Waals surface area contributed by atoms with Crippen LogP contribution in [0.1, 0.15) is 6.92 Å². The van der Waals surface area contributed by atoms with Gasteiger partial charge in [0.15, 0.2) is 0 Å². The first-order chi connectivity index (χ1) is 10.4. The zero-order valence-electron chi connectivity index (χ0n) is 12.1. The number of rotatable bonds is 4. The highest BCUT2D eigenvalue weighted by atomic mass is 16.5. The Morgan fingerprint density at radius 1 is 0.619 bits per heavy atom. The molecule has 1 heteroatoms. The summed E-state index contributed by atoms with van der Waals surface area (Å²) in [6, 6.07) is 27.1. The quantitative estimate of drug-likeness (QED) is 0.617. The molecule has 0 aromatic heterocycles. The van der Waals surface area contributed by atoms with Crippen LogP contribution in [0, 0.1) is 0 Å². The first-order valence-electron chi connectivity index (χ1n) is 7.27. The van der Waals surface area contributed by atoms with Gasteiger partial charge in [0.05, 0.1) is 6.61 Å². The standard InChI is InChI=1S/C20H18O/c1-2-21-20-15-9-8-14-19(20)18-13-7-6-12-17(18)16-10-4-3-5-11-16/h3-15H,2H2,1H3. The predicted octanol–water partition coefficient (Wildman–Crippen LogP) is 5.42. The average Bonchev–Trinajstić information content (AvgIpc) is 2.57. The van der Waals surface area contributed by atoms with Crippen LogP contribution in [-0.4, -0.2) is 6.61 Å². The molecular formula is C20H18O. The Labute approximate surface area is 125 Å². The molecule has 21 heavy (non-hydrogen) atoms. The molecule has 0 atom stereocenters. The molecule has 0 N–H and O–H groups in total. The largest absolute Gasteiger partial charge is 0.493 e. The lowest BCUT2D eigenvalue weighted by Crippen LogP contribution is -1.94. The third-order valence-electron chi connectivity index (χ3n) is 3.49. The van der Waals surface area contributed by atoms with E-state index < -0.39 is 0 Å². The summed E-state index contributed by atoms with van der Waals surface area (Å²) in [4.78, 5) is 0. The molecule has 0 spiro atoms. The fourth-order valence-corrected chi connectivity index (χ4v) is 2.56. The van der Waals surface area contributed by atoms with Crippen LogP contribution in [0.5, 0.6) is 5.75 Å². The van der Waals surface area contributed by atoms with E-state index in [-0.39, 0.29) is 0 Å². The molecule has 0 unspecified atom stereocenters. The molecule has 0 aliphatic rings. The Hall–Kier alpha value is -2.54. The SMILES string of the molecule is CCOc1ccccc1-c1ccccc1-c1ccccc1. The number of hydrogen-bond donors (Lipinski definition) is 0. The van der Waals surface area contributed by atoms with Gasteiger partial charge in [-0.3, -0.25) is 0 Å². The smallest absolute Gasteiger partial charge is 0.127 e. The molecule has 0 aliphatic heterocycles. The molecule has 3 rings (SSSR count). The van der Waals surface area contributed by atoms with Gasteiger partial charge in [-0.05, 0) is 29.7 Å². The molecule has 0 fully saturated rings. The van der Waals surface area contributed by atoms with Crippen molar-refractivity contribution in [3.63, 3.8) is 0 Å². The maximum absolute atomic E-state index is 5.78. The average molecular weight is 274 g/mol. The molecule has 0 aliphatic carbocycles. The van der Waals surface area contributed by atoms with E-state index in [1.54, 1.807) is 0 Å². The molecule has 3 aromatic carbocycles. The Balaban J connectivity index is 2.16. The zero-order chi connectivity index (χ0) is 14.5. The van der Waals surface area contributed by atoms with Crippen LogP contribution in [0.3, 0.4) is 0 Å². The van der Waals surface area contributed by atoms with Crippen molar-refractivity contribution in [2.45, 2.75) is 6.92 Å². The first-order valence-corrected chi connectivity index (χ1v) is 7.27. The van der Waals surface area contributed by atoms with Gasteiger partial charge in [0.25, 0.3) is 0 Å². The molecule has 0 saturated heterocycles. The van der Waals surface area contributed by atoms with E-state index in [1.165, 1.54) is 16.7 Å². The fraction of sp³-hybridized carbons (Fsp3) is 0.100. The van der Waals surface area contributed by atoms with Crippen LogP contribution < -0.4 is 4.74 Å². The monoisotopic (exact) mass is 274 g/mol. The van der Waals surface area contributed by atoms with Crippen molar-refractivity contribution < 1.29 is 4.74 Å². The molecule has 0 radical (unpaired) electrons. The highest BCUT2D eigenvalue weighted by molar-refractivity contribution is 5.85. The van der Waals surface area contributed by atoms with Crippen LogP contribution in [0.25, 0.3) is 22.3 Å². The van der Waals surface area contributed by atoms with Gasteiger partial charge in [-0.15, -0.1) is 0 Å². The summed E-state index contributed by atoms with van der Waals surface area (Å²) in [7, 11) is 0. The van der Waals surface area contributed by atoms with E-state index in [0.717, 1.165) is 11.3 Å². The van der Waals surface area contributed by atoms with Crippen molar-refractivity contribution in [1.82, 2.24) is 0 Å². The van der Waals surface area contributed by atoms with Crippen LogP contribution in [0.4, 0.5) is 0 Å². The lowest BCUT2D eigenvalue weighted by molar-refractivity contribution is 0.341. The number of ether oxygens (including phenoxy) is 1. The molecule has 3 aromatic rings. The Bertz CT molecular complexity index is 717. The van der Waals surface area contributed by atoms with Crippen molar-refractivity contribution in [2.24, 2.45) is 0 Å². The zero-order valence-corrected chi connectivity index (χ0v) is 12.1. The van der Waals surface area contributed by atoms with Crippen molar-refractivity contribution in [1.29, 1.82) is 0 Å². The second-order valence-corrected chi connectivity index (χ2v) is 4.84. The molecule has 1 nitrogen and oxygen atoms in total. The highest BCUT2D eigenvalue weighted by Crippen LogP contribution is 2.36. The van der Waals surface area contributed by atoms with E-state index in [2.05, 4.69) is 60.7 Å². The minimum absolute atomic E-state index is 0.671. The summed E-state index contributed by atoms with van der Waals surface area (Å²) in [5, 5.41) is 0. The van der Waals surface area contributed by atoms with Crippen LogP contribution in [-0.2, 0) is 0 Å². The van der Waals surface area contributed by atoms with Crippen LogP contribution >= 0.6 is 0 Å². The summed E-state index contributed by atoms with van der Waals surface area (Å²) in [6.45, 7) is 2.68. The van der Waals surface area contributed by atoms with Gasteiger partial charge in [0.1, 0.15) is 5.75 Å². The topological polar surface area (TPSA) is 9.23 Å². The molecule has 104 valence electrons. The Morgan fingerprint density at radius 3 is 1.90 bits per heavy atom. The molecule has 0 saturated carbocycles. The summed E-state index contributed by atoms with van der Waals surface area (Å²) in [6.07, 6.45) is 0. The van der Waals surface area contributed by atoms with Crippen LogP contribution in [0.2, 0.25) is 0 Å². The van der Waals surface area contributed by atoms with Gasteiger partial charge in [0.2, 0.25) is 0 Å². The van der Waals surface area contributed by atoms with Gasteiger partial charge in [-0.2, -0.15) is 0 Å². The second-order valence-electron chi connectivity index (χ2n) is 4.84. The molecular weight excluding hydrogens is 256 g/mol. The van der Waals surface area contributed by atoms with E-state index >= 15 is 0 Å². The molecule has 0 amide bonds. The van der Waals surface area contributed by atoms with Gasteiger partial charge in [0, 0.05) is 5.56 Å². The predicted molar refractivity (Wildman–Crippen MR) is 88.5 cm³/mol. The second kappa shape index (κ2) is 6.27. The third kappa shape index (κ3) is 2.82. The van der Waals surface area contributed by atoms with Crippen LogP contribution in [0.15, 0.2) is 78.9 Å². The van der Waals surface area contributed by atoms with Gasteiger partial charge in [-0.1, -0.05) is 72.8 Å². The summed E-state index contributed by atoms with van der Waals surface area (Å²) >= 11 is 0. The molecule has 0 heterocycles. The van der Waals surface area contributed by atoms with Gasteiger partial charge < -0.3 is 4.74 Å². The van der Waals surface area contributed by atoms with E-state index in [1.807, 2.05) is 25.1 Å². The lowest BCUT2D eigenvalue weighted by Gasteiger charge is -2.14. The number of benzene rings is 3. The van der Waals surface area contributed by atoms with E-state index in [4.69, 9.17) is 4.74 Å². The lowest BCUT2D eigenvalue weighted by atomic mass is 9.94. The summed E-state index contributed by atoms with van der Waals surface area (Å²) in [5.74, 6) is 0.934. The summed E-state index contributed by atoms with van der Waals surface area (Å²) < 4.78 is 5.78. The third-order valence-corrected chi connectivity index (χ3v) is 3.49. The maximum atomic E-state index is 5.78. The Kier molecular flexibility index (Phi) is 4.02. The normalized spacial score (nSPS) is 10.3. The van der Waals surface area contributed by atoms with Crippen molar-refractivity contribution in [2.75, 3.05) is 6.61 Å². The number of para-hydroxylation sites is 1. The van der Waals surface area contributed by atoms with E-state index in [9.17, 15) is 0 Å². The Morgan fingerprint density at radius 2 is 1.19 bits per heavy atom. The number of hydrogen-bond acceptors (Lipinski definition) is 1. The van der Waals surface area contributed by atoms with Crippen molar-refractivity contribution >= 4 is 0 Å². The van der Waals surface area contributed by atoms with Crippen molar-refractivity contribution in [3.05, 3.63) is 78.9 Å².